The minimum atomic E-state index is -1.72. The van der Waals surface area contributed by atoms with Crippen LogP contribution in [0.15, 0.2) is 0 Å². The van der Waals surface area contributed by atoms with Gasteiger partial charge in [-0.15, -0.1) is 0 Å². The van der Waals surface area contributed by atoms with Crippen LogP contribution in [0.4, 0.5) is 0 Å². The summed E-state index contributed by atoms with van der Waals surface area (Å²) >= 11 is -1.72. The fourth-order valence-corrected chi connectivity index (χ4v) is 3.66. The van der Waals surface area contributed by atoms with E-state index < -0.39 is 11.4 Å². The Hall–Kier alpha value is 1.27. The van der Waals surface area contributed by atoms with Crippen LogP contribution in [0.5, 0.6) is 0 Å². The second kappa shape index (κ2) is 6.44. The van der Waals surface area contributed by atoms with Crippen molar-refractivity contribution in [2.45, 2.75) is 51.4 Å². The highest BCUT2D eigenvalue weighted by atomic mass is 35.8. The zero-order valence-electron chi connectivity index (χ0n) is 9.52. The van der Waals surface area contributed by atoms with Gasteiger partial charge in [0.25, 0.3) is 0 Å². The van der Waals surface area contributed by atoms with E-state index in [9.17, 15) is 0 Å². The van der Waals surface area contributed by atoms with Crippen molar-refractivity contribution in [3.05, 3.63) is 11.8 Å². The number of fused-ring (bicyclic) bond motifs is 4. The molecule has 3 aliphatic carbocycles. The van der Waals surface area contributed by atoms with E-state index in [1.807, 2.05) is 11.8 Å². The largest absolute Gasteiger partial charge is 0.643 e. The molecule has 0 aromatic heterocycles. The van der Waals surface area contributed by atoms with E-state index >= 15 is 0 Å². The summed E-state index contributed by atoms with van der Waals surface area (Å²) in [5.41, 5.74) is 0. The van der Waals surface area contributed by atoms with Crippen LogP contribution in [-0.4, -0.2) is 11.4 Å². The van der Waals surface area contributed by atoms with Crippen molar-refractivity contribution in [2.75, 3.05) is 0 Å². The first kappa shape index (κ1) is 13.7. The van der Waals surface area contributed by atoms with Crippen molar-refractivity contribution in [1.82, 2.24) is 0 Å². The fourth-order valence-electron chi connectivity index (χ4n) is 3.66. The SMILES string of the molecule is C1CCC2[C+](C1)C1CCCC[C-]21.[Cl][Al]([Cl])[Cl]. The molecule has 0 amide bonds. The number of hydrogen-bond donors (Lipinski definition) is 0. The molecular formula is C12H18AlCl3. The molecule has 4 heteroatoms. The van der Waals surface area contributed by atoms with Crippen LogP contribution in [0.2, 0.25) is 0 Å². The molecule has 0 heterocycles. The van der Waals surface area contributed by atoms with Crippen molar-refractivity contribution < 1.29 is 0 Å². The summed E-state index contributed by atoms with van der Waals surface area (Å²) in [6.45, 7) is 0. The normalized spacial score (nSPS) is 32.8. The summed E-state index contributed by atoms with van der Waals surface area (Å²) in [7, 11) is 14.8. The van der Waals surface area contributed by atoms with Crippen LogP contribution < -0.4 is 0 Å². The maximum absolute atomic E-state index is 4.94. The predicted molar refractivity (Wildman–Crippen MR) is 73.7 cm³/mol. The smallest absolute Gasteiger partial charge is 0.220 e. The summed E-state index contributed by atoms with van der Waals surface area (Å²) in [6, 6.07) is 0. The van der Waals surface area contributed by atoms with E-state index in [1.54, 1.807) is 0 Å². The van der Waals surface area contributed by atoms with Gasteiger partial charge < -0.3 is 0 Å². The van der Waals surface area contributed by atoms with Crippen LogP contribution >= 0.6 is 30.1 Å². The second-order valence-electron chi connectivity index (χ2n) is 4.99. The highest BCUT2D eigenvalue weighted by molar-refractivity contribution is 7.54. The van der Waals surface area contributed by atoms with E-state index in [4.69, 9.17) is 30.1 Å². The maximum atomic E-state index is 4.94. The Morgan fingerprint density at radius 1 is 0.938 bits per heavy atom. The van der Waals surface area contributed by atoms with Gasteiger partial charge in [-0.3, -0.25) is 0 Å². The summed E-state index contributed by atoms with van der Waals surface area (Å²) < 4.78 is 0. The van der Waals surface area contributed by atoms with Crippen LogP contribution in [0.25, 0.3) is 0 Å². The molecule has 0 atom stereocenters. The molecule has 0 aromatic rings. The van der Waals surface area contributed by atoms with Gasteiger partial charge in [0, 0.05) is 5.92 Å². The minimum absolute atomic E-state index is 1.03. The summed E-state index contributed by atoms with van der Waals surface area (Å²) in [4.78, 5) is 0. The first-order chi connectivity index (χ1) is 7.70. The van der Waals surface area contributed by atoms with Gasteiger partial charge in [-0.1, -0.05) is 12.8 Å². The van der Waals surface area contributed by atoms with Gasteiger partial charge in [-0.05, 0) is 37.5 Å². The van der Waals surface area contributed by atoms with Crippen molar-refractivity contribution in [3.8, 4) is 0 Å². The molecule has 16 heavy (non-hydrogen) atoms. The highest BCUT2D eigenvalue weighted by Crippen LogP contribution is 2.61. The maximum Gasteiger partial charge on any atom is 0.643 e. The zero-order valence-corrected chi connectivity index (χ0v) is 12.9. The van der Waals surface area contributed by atoms with Gasteiger partial charge in [0.15, 0.2) is 0 Å². The predicted octanol–water partition coefficient (Wildman–Crippen LogP) is 5.22. The molecule has 0 saturated heterocycles. The third kappa shape index (κ3) is 3.18. The van der Waals surface area contributed by atoms with E-state index in [2.05, 4.69) is 0 Å². The molecular weight excluding hydrogens is 277 g/mol. The molecule has 0 nitrogen and oxygen atoms in total. The lowest BCUT2D eigenvalue weighted by molar-refractivity contribution is 0.170. The molecule has 0 bridgehead atoms. The van der Waals surface area contributed by atoms with E-state index in [-0.39, 0.29) is 0 Å². The van der Waals surface area contributed by atoms with Crippen LogP contribution in [0.1, 0.15) is 51.4 Å². The average Bonchev–Trinajstić information content (AvgIpc) is 2.25. The third-order valence-electron chi connectivity index (χ3n) is 4.21. The van der Waals surface area contributed by atoms with Crippen LogP contribution in [0.3, 0.4) is 0 Å². The minimum Gasteiger partial charge on any atom is -0.220 e. The topological polar surface area (TPSA) is 0 Å². The van der Waals surface area contributed by atoms with Crippen molar-refractivity contribution in [2.24, 2.45) is 11.8 Å². The third-order valence-corrected chi connectivity index (χ3v) is 4.21. The summed E-state index contributed by atoms with van der Waals surface area (Å²) in [6.07, 6.45) is 12.0. The molecule has 0 N–H and O–H groups in total. The van der Waals surface area contributed by atoms with Crippen LogP contribution in [-0.2, 0) is 0 Å². The summed E-state index contributed by atoms with van der Waals surface area (Å²) in [5.74, 6) is 6.00. The van der Waals surface area contributed by atoms with Gasteiger partial charge in [0.2, 0.25) is 0 Å². The Kier molecular flexibility index (Phi) is 5.52. The van der Waals surface area contributed by atoms with Crippen LogP contribution in [0, 0.1) is 23.7 Å². The van der Waals surface area contributed by atoms with E-state index in [0.29, 0.717) is 0 Å². The quantitative estimate of drug-likeness (QED) is 0.425. The standard InChI is InChI=1S/C12H18.Al.3ClH/c1-2-6-10-9(5-1)11-7-3-4-8-12(10)11;;;;/h9,12H,1-8H2;;3*1H/q;+3;;;/p-3. The zero-order chi connectivity index (χ0) is 11.5. The average molecular weight is 296 g/mol. The molecule has 3 aliphatic rings. The van der Waals surface area contributed by atoms with Gasteiger partial charge in [-0.2, -0.15) is 6.42 Å². The Bertz CT molecular complexity index is 172. The van der Waals surface area contributed by atoms with Crippen molar-refractivity contribution >= 4 is 41.5 Å². The molecule has 3 saturated carbocycles. The Morgan fingerprint density at radius 2 is 1.50 bits per heavy atom. The van der Waals surface area contributed by atoms with E-state index in [1.165, 1.54) is 51.4 Å². The molecule has 0 unspecified atom stereocenters. The van der Waals surface area contributed by atoms with Gasteiger partial charge >= 0.3 is 11.4 Å². The molecule has 0 spiro atoms. The number of hydrogen-bond acceptors (Lipinski definition) is 0. The Labute approximate surface area is 116 Å². The molecule has 3 rings (SSSR count). The van der Waals surface area contributed by atoms with Gasteiger partial charge in [-0.25, -0.2) is 36.1 Å². The molecule has 0 aliphatic heterocycles. The molecule has 0 aromatic carbocycles. The van der Waals surface area contributed by atoms with Gasteiger partial charge in [0.1, 0.15) is 0 Å². The lowest BCUT2D eigenvalue weighted by Crippen LogP contribution is -2.46. The van der Waals surface area contributed by atoms with Crippen molar-refractivity contribution in [3.63, 3.8) is 0 Å². The lowest BCUT2D eigenvalue weighted by atomic mass is 9.48. The molecule has 3 fully saturated rings. The monoisotopic (exact) mass is 294 g/mol. The first-order valence-corrected chi connectivity index (χ1v) is 11.6. The second-order valence-corrected chi connectivity index (χ2v) is 11.4. The fraction of sp³-hybridized carbons (Fsp3) is 0.833. The highest BCUT2D eigenvalue weighted by Gasteiger charge is 2.49. The first-order valence-electron chi connectivity index (χ1n) is 6.33. The Morgan fingerprint density at radius 3 is 2.12 bits per heavy atom. The number of halogens is 3. The molecule has 90 valence electrons. The lowest BCUT2D eigenvalue weighted by Gasteiger charge is -2.59. The summed E-state index contributed by atoms with van der Waals surface area (Å²) in [5, 5.41) is 0. The van der Waals surface area contributed by atoms with Gasteiger partial charge in [0.05, 0.1) is 6.42 Å². The molecule has 0 radical (unpaired) electrons. The Balaban J connectivity index is 0.000000212. The van der Waals surface area contributed by atoms with E-state index in [0.717, 1.165) is 11.8 Å². The number of rotatable bonds is 0. The van der Waals surface area contributed by atoms with Crippen molar-refractivity contribution in [1.29, 1.82) is 0 Å².